The van der Waals surface area contributed by atoms with Gasteiger partial charge in [-0.15, -0.1) is 0 Å². The first-order valence-electron chi connectivity index (χ1n) is 6.25. The highest BCUT2D eigenvalue weighted by Crippen LogP contribution is 2.18. The quantitative estimate of drug-likeness (QED) is 0.844. The lowest BCUT2D eigenvalue weighted by Gasteiger charge is -2.10. The zero-order valence-corrected chi connectivity index (χ0v) is 10.5. The van der Waals surface area contributed by atoms with Crippen LogP contribution in [0, 0.1) is 0 Å². The predicted octanol–water partition coefficient (Wildman–Crippen LogP) is 1.68. The van der Waals surface area contributed by atoms with Gasteiger partial charge in [-0.3, -0.25) is 9.78 Å². The van der Waals surface area contributed by atoms with Crippen LogP contribution in [0.4, 0.5) is 5.69 Å². The van der Waals surface area contributed by atoms with E-state index in [-0.39, 0.29) is 23.3 Å². The van der Waals surface area contributed by atoms with Gasteiger partial charge in [0.15, 0.2) is 0 Å². The molecule has 1 unspecified atom stereocenters. The number of ether oxygens (including phenoxy) is 1. The van der Waals surface area contributed by atoms with Gasteiger partial charge in [-0.1, -0.05) is 0 Å². The standard InChI is InChI=1S/C13H16N2O4/c16-12(4-3-9-2-1-7-19-9)15-11-8-14-6-5-10(11)13(17)18/h5-6,8-9H,1-4,7H2,(H,15,16)(H,17,18). The van der Waals surface area contributed by atoms with Gasteiger partial charge in [-0.25, -0.2) is 4.79 Å². The Morgan fingerprint density at radius 1 is 1.53 bits per heavy atom. The number of rotatable bonds is 5. The van der Waals surface area contributed by atoms with Crippen molar-refractivity contribution in [3.63, 3.8) is 0 Å². The number of carboxylic acids is 1. The molecule has 2 rings (SSSR count). The minimum Gasteiger partial charge on any atom is -0.478 e. The molecule has 19 heavy (non-hydrogen) atoms. The number of aromatic nitrogens is 1. The van der Waals surface area contributed by atoms with Crippen LogP contribution in [0.25, 0.3) is 0 Å². The molecule has 0 saturated carbocycles. The van der Waals surface area contributed by atoms with E-state index in [1.807, 2.05) is 0 Å². The number of anilines is 1. The highest BCUT2D eigenvalue weighted by molar-refractivity contribution is 6.00. The second-order valence-corrected chi connectivity index (χ2v) is 4.45. The number of hydrogen-bond acceptors (Lipinski definition) is 4. The van der Waals surface area contributed by atoms with Crippen molar-refractivity contribution < 1.29 is 19.4 Å². The van der Waals surface area contributed by atoms with Gasteiger partial charge in [-0.2, -0.15) is 0 Å². The number of nitrogens with zero attached hydrogens (tertiary/aromatic N) is 1. The molecule has 1 saturated heterocycles. The fourth-order valence-corrected chi connectivity index (χ4v) is 2.06. The Balaban J connectivity index is 1.89. The molecule has 0 bridgehead atoms. The normalized spacial score (nSPS) is 18.2. The molecular formula is C13H16N2O4. The lowest BCUT2D eigenvalue weighted by molar-refractivity contribution is -0.116. The van der Waals surface area contributed by atoms with Crippen molar-refractivity contribution in [3.8, 4) is 0 Å². The second kappa shape index (κ2) is 6.29. The average Bonchev–Trinajstić information content (AvgIpc) is 2.90. The number of carbonyl (C=O) groups excluding carboxylic acids is 1. The van der Waals surface area contributed by atoms with Crippen LogP contribution in [0.1, 0.15) is 36.0 Å². The van der Waals surface area contributed by atoms with E-state index in [1.165, 1.54) is 18.5 Å². The summed E-state index contributed by atoms with van der Waals surface area (Å²) in [7, 11) is 0. The average molecular weight is 264 g/mol. The van der Waals surface area contributed by atoms with Crippen molar-refractivity contribution in [2.24, 2.45) is 0 Å². The Bertz CT molecular complexity index is 469. The van der Waals surface area contributed by atoms with Gasteiger partial charge in [0.25, 0.3) is 0 Å². The van der Waals surface area contributed by atoms with Crippen molar-refractivity contribution in [2.75, 3.05) is 11.9 Å². The molecule has 0 aromatic carbocycles. The molecule has 1 aliphatic heterocycles. The SMILES string of the molecule is O=C(CCC1CCCO1)Nc1cnccc1C(=O)O. The van der Waals surface area contributed by atoms with Gasteiger partial charge in [0.05, 0.1) is 23.6 Å². The number of pyridine rings is 1. The lowest BCUT2D eigenvalue weighted by atomic mass is 10.1. The summed E-state index contributed by atoms with van der Waals surface area (Å²) in [4.78, 5) is 26.5. The van der Waals surface area contributed by atoms with Crippen LogP contribution >= 0.6 is 0 Å². The molecule has 6 heteroatoms. The van der Waals surface area contributed by atoms with E-state index in [0.29, 0.717) is 12.8 Å². The molecule has 1 aromatic rings. The summed E-state index contributed by atoms with van der Waals surface area (Å²) in [5.74, 6) is -1.30. The number of carboxylic acid groups (broad SMARTS) is 1. The first-order chi connectivity index (χ1) is 9.16. The van der Waals surface area contributed by atoms with Gasteiger partial charge < -0.3 is 15.2 Å². The van der Waals surface area contributed by atoms with Crippen LogP contribution in [0.2, 0.25) is 0 Å². The maximum Gasteiger partial charge on any atom is 0.337 e. The third-order valence-electron chi connectivity index (χ3n) is 3.04. The van der Waals surface area contributed by atoms with E-state index in [2.05, 4.69) is 10.3 Å². The topological polar surface area (TPSA) is 88.5 Å². The summed E-state index contributed by atoms with van der Waals surface area (Å²) in [5, 5.41) is 11.6. The molecule has 1 aliphatic rings. The van der Waals surface area contributed by atoms with Crippen molar-refractivity contribution in [1.82, 2.24) is 4.98 Å². The van der Waals surface area contributed by atoms with Crippen molar-refractivity contribution in [2.45, 2.75) is 31.8 Å². The summed E-state index contributed by atoms with van der Waals surface area (Å²) in [6, 6.07) is 1.36. The summed E-state index contributed by atoms with van der Waals surface area (Å²) in [6.45, 7) is 0.762. The minimum atomic E-state index is -1.09. The summed E-state index contributed by atoms with van der Waals surface area (Å²) in [5.41, 5.74) is 0.271. The predicted molar refractivity (Wildman–Crippen MR) is 68.0 cm³/mol. The smallest absolute Gasteiger partial charge is 0.337 e. The molecule has 6 nitrogen and oxygen atoms in total. The summed E-state index contributed by atoms with van der Waals surface area (Å²) >= 11 is 0. The number of carbonyl (C=O) groups is 2. The first kappa shape index (κ1) is 13.5. The maximum atomic E-state index is 11.8. The molecule has 2 heterocycles. The van der Waals surface area contributed by atoms with Crippen molar-refractivity contribution in [1.29, 1.82) is 0 Å². The first-order valence-corrected chi connectivity index (χ1v) is 6.25. The van der Waals surface area contributed by atoms with Crippen molar-refractivity contribution >= 4 is 17.6 Å². The Hall–Kier alpha value is -1.95. The van der Waals surface area contributed by atoms with E-state index in [4.69, 9.17) is 9.84 Å². The molecule has 2 N–H and O–H groups in total. The van der Waals surface area contributed by atoms with Gasteiger partial charge in [-0.05, 0) is 25.3 Å². The van der Waals surface area contributed by atoms with E-state index < -0.39 is 5.97 Å². The lowest BCUT2D eigenvalue weighted by Crippen LogP contribution is -2.17. The number of hydrogen-bond donors (Lipinski definition) is 2. The van der Waals surface area contributed by atoms with Crippen molar-refractivity contribution in [3.05, 3.63) is 24.0 Å². The third kappa shape index (κ3) is 3.75. The van der Waals surface area contributed by atoms with Gasteiger partial charge in [0.1, 0.15) is 0 Å². The fraction of sp³-hybridized carbons (Fsp3) is 0.462. The molecule has 0 spiro atoms. The Morgan fingerprint density at radius 2 is 2.37 bits per heavy atom. The van der Waals surface area contributed by atoms with Gasteiger partial charge in [0.2, 0.25) is 5.91 Å². The molecule has 0 aliphatic carbocycles. The third-order valence-corrected chi connectivity index (χ3v) is 3.04. The Labute approximate surface area is 110 Å². The van der Waals surface area contributed by atoms with Gasteiger partial charge in [0, 0.05) is 19.2 Å². The number of amides is 1. The molecule has 0 radical (unpaired) electrons. The molecule has 102 valence electrons. The minimum absolute atomic E-state index is 0.0421. The van der Waals surface area contributed by atoms with Crippen LogP contribution in [-0.4, -0.2) is 34.7 Å². The van der Waals surface area contributed by atoms with E-state index in [0.717, 1.165) is 19.4 Å². The second-order valence-electron chi connectivity index (χ2n) is 4.45. The molecule has 1 aromatic heterocycles. The summed E-state index contributed by atoms with van der Waals surface area (Å²) in [6.07, 6.45) is 5.88. The fourth-order valence-electron chi connectivity index (χ4n) is 2.06. The molecule has 1 amide bonds. The highest BCUT2D eigenvalue weighted by atomic mass is 16.5. The van der Waals surface area contributed by atoms with Crippen LogP contribution in [0.5, 0.6) is 0 Å². The van der Waals surface area contributed by atoms with Crippen LogP contribution in [-0.2, 0) is 9.53 Å². The van der Waals surface area contributed by atoms with Crippen LogP contribution in [0.3, 0.4) is 0 Å². The summed E-state index contributed by atoms with van der Waals surface area (Å²) < 4.78 is 5.43. The zero-order valence-electron chi connectivity index (χ0n) is 10.5. The largest absolute Gasteiger partial charge is 0.478 e. The highest BCUT2D eigenvalue weighted by Gasteiger charge is 2.17. The molecule has 1 fully saturated rings. The van der Waals surface area contributed by atoms with Crippen LogP contribution < -0.4 is 5.32 Å². The maximum absolute atomic E-state index is 11.8. The van der Waals surface area contributed by atoms with E-state index in [9.17, 15) is 9.59 Å². The Morgan fingerprint density at radius 3 is 3.05 bits per heavy atom. The Kier molecular flexibility index (Phi) is 4.46. The van der Waals surface area contributed by atoms with E-state index in [1.54, 1.807) is 0 Å². The molecule has 1 atom stereocenters. The molecular weight excluding hydrogens is 248 g/mol. The van der Waals surface area contributed by atoms with Crippen LogP contribution in [0.15, 0.2) is 18.5 Å². The number of nitrogens with one attached hydrogen (secondary N) is 1. The zero-order chi connectivity index (χ0) is 13.7. The van der Waals surface area contributed by atoms with Gasteiger partial charge >= 0.3 is 5.97 Å². The monoisotopic (exact) mass is 264 g/mol. The number of aromatic carboxylic acids is 1. The van der Waals surface area contributed by atoms with E-state index >= 15 is 0 Å².